The molecule has 0 spiro atoms. The van der Waals surface area contributed by atoms with E-state index in [4.69, 9.17) is 0 Å². The molecule has 1 aliphatic carbocycles. The van der Waals surface area contributed by atoms with Crippen LogP contribution in [-0.4, -0.2) is 6.04 Å². The van der Waals surface area contributed by atoms with Gasteiger partial charge in [-0.2, -0.15) is 0 Å². The van der Waals surface area contributed by atoms with Gasteiger partial charge in [-0.15, -0.1) is 0 Å². The number of aryl methyl sites for hydroxylation is 2. The molecule has 0 amide bonds. The number of fused-ring (bicyclic) bond motifs is 6. The third-order valence-electron chi connectivity index (χ3n) is 6.64. The van der Waals surface area contributed by atoms with E-state index in [0.29, 0.717) is 23.9 Å². The monoisotopic (exact) mass is 343 g/mol. The molecule has 1 heteroatoms. The maximum absolute atomic E-state index is 2.75. The van der Waals surface area contributed by atoms with E-state index in [1.54, 1.807) is 22.3 Å². The lowest BCUT2D eigenvalue weighted by Gasteiger charge is -2.47. The van der Waals surface area contributed by atoms with Gasteiger partial charge in [-0.05, 0) is 67.0 Å². The summed E-state index contributed by atoms with van der Waals surface area (Å²) in [5.74, 6) is 1.31. The first-order valence-corrected chi connectivity index (χ1v) is 10.2. The summed E-state index contributed by atoms with van der Waals surface area (Å²) in [4.78, 5) is 2.75. The van der Waals surface area contributed by atoms with Crippen molar-refractivity contribution < 1.29 is 0 Å². The summed E-state index contributed by atoms with van der Waals surface area (Å²) in [5, 5.41) is 0. The van der Waals surface area contributed by atoms with E-state index in [1.165, 1.54) is 28.8 Å². The van der Waals surface area contributed by atoms with Gasteiger partial charge in [0.05, 0.1) is 6.04 Å². The van der Waals surface area contributed by atoms with E-state index in [2.05, 4.69) is 75.9 Å². The summed E-state index contributed by atoms with van der Waals surface area (Å²) < 4.78 is 0. The molecule has 2 aromatic carbocycles. The van der Waals surface area contributed by atoms with Crippen molar-refractivity contribution in [2.75, 3.05) is 4.90 Å². The van der Waals surface area contributed by atoms with Gasteiger partial charge in [-0.3, -0.25) is 0 Å². The molecule has 2 bridgehead atoms. The first-order valence-electron chi connectivity index (χ1n) is 10.2. The summed E-state index contributed by atoms with van der Waals surface area (Å²) in [7, 11) is 0. The molecular weight excluding hydrogens is 314 g/mol. The average molecular weight is 344 g/mol. The largest absolute Gasteiger partial charge is 0.357 e. The Morgan fingerprint density at radius 1 is 1.08 bits per heavy atom. The minimum Gasteiger partial charge on any atom is -0.357 e. The van der Waals surface area contributed by atoms with Crippen molar-refractivity contribution in [1.29, 1.82) is 0 Å². The zero-order chi connectivity index (χ0) is 18.2. The molecule has 2 heterocycles. The number of anilines is 1. The molecule has 0 aromatic heterocycles. The number of allylic oxidation sites excluding steroid dienone is 1. The van der Waals surface area contributed by atoms with Crippen molar-refractivity contribution in [2.24, 2.45) is 5.92 Å². The minimum absolute atomic E-state index is 0.413. The highest BCUT2D eigenvalue weighted by molar-refractivity contribution is 5.83. The Morgan fingerprint density at radius 3 is 2.65 bits per heavy atom. The lowest BCUT2D eigenvalue weighted by atomic mass is 9.79. The molecule has 134 valence electrons. The Hall–Kier alpha value is -2.02. The fraction of sp³-hybridized carbons (Fsp3) is 0.440. The SMILES string of the molecule is Cc1ccc2c(c1)C(CC(C)C)=CC1c3cc(C)cc4c3C(C)[C@H](C4)N21. The van der Waals surface area contributed by atoms with Crippen LogP contribution in [0.1, 0.15) is 72.5 Å². The number of benzene rings is 2. The second kappa shape index (κ2) is 5.49. The van der Waals surface area contributed by atoms with Crippen LogP contribution in [0.15, 0.2) is 36.4 Å². The van der Waals surface area contributed by atoms with Crippen LogP contribution in [0.4, 0.5) is 5.69 Å². The summed E-state index contributed by atoms with van der Waals surface area (Å²) in [6.45, 7) is 11.6. The van der Waals surface area contributed by atoms with Crippen LogP contribution < -0.4 is 4.90 Å². The molecular formula is C25H29N. The first kappa shape index (κ1) is 16.2. The Kier molecular flexibility index (Phi) is 3.41. The first-order chi connectivity index (χ1) is 12.4. The van der Waals surface area contributed by atoms with Crippen LogP contribution in [0.3, 0.4) is 0 Å². The van der Waals surface area contributed by atoms with Crippen LogP contribution in [-0.2, 0) is 6.42 Å². The topological polar surface area (TPSA) is 3.24 Å². The highest BCUT2D eigenvalue weighted by atomic mass is 15.2. The zero-order valence-corrected chi connectivity index (χ0v) is 16.6. The summed E-state index contributed by atoms with van der Waals surface area (Å²) in [5.41, 5.74) is 12.1. The van der Waals surface area contributed by atoms with Crippen molar-refractivity contribution in [2.45, 2.75) is 65.5 Å². The Balaban J connectivity index is 1.76. The van der Waals surface area contributed by atoms with Gasteiger partial charge in [0.1, 0.15) is 0 Å². The third-order valence-corrected chi connectivity index (χ3v) is 6.64. The van der Waals surface area contributed by atoms with E-state index in [0.717, 1.165) is 6.42 Å². The number of nitrogens with zero attached hydrogens (tertiary/aromatic N) is 1. The Morgan fingerprint density at radius 2 is 1.88 bits per heavy atom. The minimum atomic E-state index is 0.413. The standard InChI is InChI=1S/C25H29N/c1-14(2)8-18-12-24-21-11-16(4)9-19-13-23(17(5)25(19)21)26(24)22-7-6-15(3)10-20(18)22/h6-7,9-12,14,17,23-24H,8,13H2,1-5H3/t17?,23-,24?/m0/s1. The van der Waals surface area contributed by atoms with Crippen LogP contribution in [0.2, 0.25) is 0 Å². The molecule has 2 unspecified atom stereocenters. The molecule has 26 heavy (non-hydrogen) atoms. The maximum atomic E-state index is 2.75. The van der Waals surface area contributed by atoms with Crippen molar-refractivity contribution in [3.8, 4) is 0 Å². The smallest absolute Gasteiger partial charge is 0.0739 e. The lowest BCUT2D eigenvalue weighted by Crippen LogP contribution is -2.44. The Labute approximate surface area is 157 Å². The predicted molar refractivity (Wildman–Crippen MR) is 111 cm³/mol. The van der Waals surface area contributed by atoms with E-state index in [1.807, 2.05) is 0 Å². The molecule has 1 nitrogen and oxygen atoms in total. The van der Waals surface area contributed by atoms with Gasteiger partial charge >= 0.3 is 0 Å². The molecule has 3 aliphatic rings. The third kappa shape index (κ3) is 2.16. The zero-order valence-electron chi connectivity index (χ0n) is 16.6. The normalized spacial score (nSPS) is 25.2. The van der Waals surface area contributed by atoms with E-state index >= 15 is 0 Å². The van der Waals surface area contributed by atoms with Gasteiger partial charge < -0.3 is 4.90 Å². The highest BCUT2D eigenvalue weighted by Crippen LogP contribution is 2.54. The number of hydrogen-bond acceptors (Lipinski definition) is 1. The fourth-order valence-corrected chi connectivity index (χ4v) is 5.69. The summed E-state index contributed by atoms with van der Waals surface area (Å²) in [6.07, 6.45) is 4.95. The van der Waals surface area contributed by atoms with Crippen molar-refractivity contribution in [3.05, 3.63) is 69.8 Å². The molecule has 0 saturated heterocycles. The molecule has 2 aromatic rings. The summed E-state index contributed by atoms with van der Waals surface area (Å²) in [6, 6.07) is 13.0. The van der Waals surface area contributed by atoms with Crippen LogP contribution in [0, 0.1) is 19.8 Å². The highest BCUT2D eigenvalue weighted by Gasteiger charge is 2.46. The number of rotatable bonds is 2. The van der Waals surface area contributed by atoms with Gasteiger partial charge in [-0.1, -0.05) is 56.2 Å². The fourth-order valence-electron chi connectivity index (χ4n) is 5.69. The van der Waals surface area contributed by atoms with E-state index in [9.17, 15) is 0 Å². The molecule has 2 aliphatic heterocycles. The molecule has 0 radical (unpaired) electrons. The predicted octanol–water partition coefficient (Wildman–Crippen LogP) is 6.34. The summed E-state index contributed by atoms with van der Waals surface area (Å²) >= 11 is 0. The molecule has 0 N–H and O–H groups in total. The lowest BCUT2D eigenvalue weighted by molar-refractivity contribution is 0.489. The van der Waals surface area contributed by atoms with Crippen LogP contribution in [0.25, 0.3) is 5.57 Å². The quantitative estimate of drug-likeness (QED) is 0.615. The van der Waals surface area contributed by atoms with Crippen LogP contribution in [0.5, 0.6) is 0 Å². The van der Waals surface area contributed by atoms with Crippen molar-refractivity contribution >= 4 is 11.3 Å². The van der Waals surface area contributed by atoms with Gasteiger partial charge in [-0.25, -0.2) is 0 Å². The Bertz CT molecular complexity index is 933. The second-order valence-corrected chi connectivity index (χ2v) is 9.15. The van der Waals surface area contributed by atoms with Crippen molar-refractivity contribution in [3.63, 3.8) is 0 Å². The second-order valence-electron chi connectivity index (χ2n) is 9.15. The van der Waals surface area contributed by atoms with Crippen LogP contribution >= 0.6 is 0 Å². The number of hydrogen-bond donors (Lipinski definition) is 0. The molecule has 0 fully saturated rings. The van der Waals surface area contributed by atoms with Gasteiger partial charge in [0, 0.05) is 23.2 Å². The molecule has 0 saturated carbocycles. The van der Waals surface area contributed by atoms with Gasteiger partial charge in [0.15, 0.2) is 0 Å². The van der Waals surface area contributed by atoms with Crippen molar-refractivity contribution in [1.82, 2.24) is 0 Å². The van der Waals surface area contributed by atoms with E-state index < -0.39 is 0 Å². The van der Waals surface area contributed by atoms with Gasteiger partial charge in [0.25, 0.3) is 0 Å². The molecule has 5 rings (SSSR count). The van der Waals surface area contributed by atoms with Gasteiger partial charge in [0.2, 0.25) is 0 Å². The molecule has 3 atom stereocenters. The average Bonchev–Trinajstić information content (AvgIpc) is 2.85. The van der Waals surface area contributed by atoms with E-state index in [-0.39, 0.29) is 0 Å². The maximum Gasteiger partial charge on any atom is 0.0739 e.